The van der Waals surface area contributed by atoms with Gasteiger partial charge in [0.25, 0.3) is 0 Å². The van der Waals surface area contributed by atoms with Crippen LogP contribution in [0.15, 0.2) is 0 Å². The van der Waals surface area contributed by atoms with E-state index in [0.29, 0.717) is 0 Å². The van der Waals surface area contributed by atoms with Crippen molar-refractivity contribution in [3.8, 4) is 0 Å². The SMILES string of the molecule is CC(=O)[C@@H](C)N(C)S. The molecule has 3 heteroatoms. The van der Waals surface area contributed by atoms with Gasteiger partial charge in [0.1, 0.15) is 5.78 Å². The molecule has 0 fully saturated rings. The lowest BCUT2D eigenvalue weighted by molar-refractivity contribution is -0.119. The quantitative estimate of drug-likeness (QED) is 0.561. The molecule has 2 nitrogen and oxygen atoms in total. The van der Waals surface area contributed by atoms with Crippen molar-refractivity contribution in [2.45, 2.75) is 19.9 Å². The topological polar surface area (TPSA) is 20.3 Å². The van der Waals surface area contributed by atoms with E-state index in [0.717, 1.165) is 0 Å². The van der Waals surface area contributed by atoms with Crippen molar-refractivity contribution in [3.63, 3.8) is 0 Å². The third-order valence-electron chi connectivity index (χ3n) is 1.15. The molecule has 0 saturated carbocycles. The molecule has 1 atom stereocenters. The molecule has 0 aromatic heterocycles. The summed E-state index contributed by atoms with van der Waals surface area (Å²) in [6.45, 7) is 3.37. The number of rotatable bonds is 2. The van der Waals surface area contributed by atoms with E-state index in [9.17, 15) is 4.79 Å². The molecular formula is C5H11NOS. The lowest BCUT2D eigenvalue weighted by atomic mass is 10.2. The van der Waals surface area contributed by atoms with Crippen molar-refractivity contribution in [1.29, 1.82) is 0 Å². The van der Waals surface area contributed by atoms with Gasteiger partial charge < -0.3 is 0 Å². The zero-order valence-electron chi connectivity index (χ0n) is 5.38. The fourth-order valence-electron chi connectivity index (χ4n) is 0.263. The first-order valence-corrected chi connectivity index (χ1v) is 2.88. The van der Waals surface area contributed by atoms with Gasteiger partial charge in [-0.2, -0.15) is 0 Å². The molecule has 0 unspecified atom stereocenters. The molecule has 8 heavy (non-hydrogen) atoms. The van der Waals surface area contributed by atoms with Crippen LogP contribution in [0.3, 0.4) is 0 Å². The molecule has 0 aliphatic carbocycles. The molecular weight excluding hydrogens is 122 g/mol. The summed E-state index contributed by atoms with van der Waals surface area (Å²) in [4.78, 5) is 10.5. The zero-order valence-corrected chi connectivity index (χ0v) is 6.27. The second-order valence-corrected chi connectivity index (χ2v) is 2.49. The summed E-state index contributed by atoms with van der Waals surface area (Å²) in [6, 6.07) is -0.0710. The first kappa shape index (κ1) is 7.98. The van der Waals surface area contributed by atoms with Crippen LogP contribution in [-0.2, 0) is 4.79 Å². The van der Waals surface area contributed by atoms with Crippen LogP contribution < -0.4 is 0 Å². The number of carbonyl (C=O) groups excluding carboxylic acids is 1. The molecule has 0 radical (unpaired) electrons. The lowest BCUT2D eigenvalue weighted by Crippen LogP contribution is -2.26. The molecule has 0 aromatic carbocycles. The molecule has 0 saturated heterocycles. The molecule has 0 spiro atoms. The van der Waals surface area contributed by atoms with E-state index < -0.39 is 0 Å². The molecule has 48 valence electrons. The van der Waals surface area contributed by atoms with E-state index in [2.05, 4.69) is 12.8 Å². The Kier molecular flexibility index (Phi) is 3.09. The van der Waals surface area contributed by atoms with E-state index in [1.807, 2.05) is 6.92 Å². The van der Waals surface area contributed by atoms with Crippen molar-refractivity contribution in [2.24, 2.45) is 0 Å². The van der Waals surface area contributed by atoms with E-state index in [4.69, 9.17) is 0 Å². The van der Waals surface area contributed by atoms with Crippen molar-refractivity contribution in [2.75, 3.05) is 7.05 Å². The molecule has 0 rings (SSSR count). The summed E-state index contributed by atoms with van der Waals surface area (Å²) in [5, 5.41) is 0. The van der Waals surface area contributed by atoms with Crippen molar-refractivity contribution >= 4 is 18.6 Å². The first-order valence-electron chi connectivity index (χ1n) is 2.48. The molecule has 0 heterocycles. The van der Waals surface area contributed by atoms with Gasteiger partial charge in [0, 0.05) is 0 Å². The minimum atomic E-state index is -0.0710. The van der Waals surface area contributed by atoms with Crippen LogP contribution in [0.2, 0.25) is 0 Å². The van der Waals surface area contributed by atoms with Gasteiger partial charge in [-0.1, -0.05) is 12.8 Å². The summed E-state index contributed by atoms with van der Waals surface area (Å²) in [7, 11) is 1.76. The average molecular weight is 133 g/mol. The standard InChI is InChI=1S/C5H11NOS/c1-4(5(2)7)6(3)8/h4,8H,1-3H3/t4-/m1/s1. The fraction of sp³-hybridized carbons (Fsp3) is 0.800. The van der Waals surface area contributed by atoms with Crippen LogP contribution in [0.25, 0.3) is 0 Å². The number of likely N-dealkylation sites (N-methyl/N-ethyl adjacent to an activating group) is 1. The van der Waals surface area contributed by atoms with Crippen LogP contribution in [0, 0.1) is 0 Å². The molecule has 0 amide bonds. The maximum absolute atomic E-state index is 10.5. The number of hydrogen-bond acceptors (Lipinski definition) is 3. The Labute approximate surface area is 55.4 Å². The van der Waals surface area contributed by atoms with Gasteiger partial charge in [-0.15, -0.1) is 0 Å². The van der Waals surface area contributed by atoms with Gasteiger partial charge in [-0.25, -0.2) is 4.31 Å². The molecule has 0 bridgehead atoms. The molecule has 0 aliphatic heterocycles. The van der Waals surface area contributed by atoms with Gasteiger partial charge >= 0.3 is 0 Å². The number of Topliss-reactive ketones (excluding diaryl/α,β-unsaturated/α-hetero) is 1. The lowest BCUT2D eigenvalue weighted by Gasteiger charge is -2.13. The maximum atomic E-state index is 10.5. The molecule has 0 N–H and O–H groups in total. The van der Waals surface area contributed by atoms with Crippen LogP contribution in [0.1, 0.15) is 13.8 Å². The Hall–Kier alpha value is -0.0200. The monoisotopic (exact) mass is 133 g/mol. The van der Waals surface area contributed by atoms with Crippen LogP contribution in [0.4, 0.5) is 0 Å². The highest BCUT2D eigenvalue weighted by Crippen LogP contribution is 1.97. The highest BCUT2D eigenvalue weighted by Gasteiger charge is 2.08. The van der Waals surface area contributed by atoms with Crippen LogP contribution in [0.5, 0.6) is 0 Å². The van der Waals surface area contributed by atoms with Crippen molar-refractivity contribution < 1.29 is 4.79 Å². The molecule has 0 aromatic rings. The summed E-state index contributed by atoms with van der Waals surface area (Å²) < 4.78 is 1.59. The third kappa shape index (κ3) is 2.33. The largest absolute Gasteiger partial charge is 0.298 e. The number of thiol groups is 1. The van der Waals surface area contributed by atoms with Gasteiger partial charge in [0.15, 0.2) is 0 Å². The van der Waals surface area contributed by atoms with Crippen molar-refractivity contribution in [1.82, 2.24) is 4.31 Å². The van der Waals surface area contributed by atoms with Gasteiger partial charge in [0.05, 0.1) is 6.04 Å². The summed E-state index contributed by atoms with van der Waals surface area (Å²) in [5.41, 5.74) is 0. The summed E-state index contributed by atoms with van der Waals surface area (Å²) in [6.07, 6.45) is 0. The average Bonchev–Trinajstić information content (AvgIpc) is 1.64. The maximum Gasteiger partial charge on any atom is 0.147 e. The second-order valence-electron chi connectivity index (χ2n) is 1.86. The predicted molar refractivity (Wildman–Crippen MR) is 36.9 cm³/mol. The van der Waals surface area contributed by atoms with Gasteiger partial charge in [-0.05, 0) is 20.9 Å². The number of ketones is 1. The number of nitrogens with zero attached hydrogens (tertiary/aromatic N) is 1. The van der Waals surface area contributed by atoms with Crippen LogP contribution in [-0.4, -0.2) is 23.2 Å². The molecule has 0 aliphatic rings. The predicted octanol–water partition coefficient (Wildman–Crippen LogP) is 0.740. The van der Waals surface area contributed by atoms with Gasteiger partial charge in [-0.3, -0.25) is 4.79 Å². The minimum Gasteiger partial charge on any atom is -0.298 e. The Morgan fingerprint density at radius 3 is 2.12 bits per heavy atom. The number of carbonyl (C=O) groups is 1. The Morgan fingerprint density at radius 2 is 2.12 bits per heavy atom. The highest BCUT2D eigenvalue weighted by atomic mass is 32.1. The number of hydrogen-bond donors (Lipinski definition) is 1. The summed E-state index contributed by atoms with van der Waals surface area (Å²) in [5.74, 6) is 0.141. The smallest absolute Gasteiger partial charge is 0.147 e. The second kappa shape index (κ2) is 3.10. The Morgan fingerprint density at radius 1 is 1.75 bits per heavy atom. The van der Waals surface area contributed by atoms with Crippen LogP contribution >= 0.6 is 12.8 Å². The van der Waals surface area contributed by atoms with Crippen molar-refractivity contribution in [3.05, 3.63) is 0 Å². The normalized spacial score (nSPS) is 14.1. The highest BCUT2D eigenvalue weighted by molar-refractivity contribution is 7.77. The fourth-order valence-corrected chi connectivity index (χ4v) is 0.426. The van der Waals surface area contributed by atoms with E-state index >= 15 is 0 Å². The summed E-state index contributed by atoms with van der Waals surface area (Å²) >= 11 is 3.94. The van der Waals surface area contributed by atoms with E-state index in [1.165, 1.54) is 0 Å². The minimum absolute atomic E-state index is 0.0710. The third-order valence-corrected chi connectivity index (χ3v) is 1.50. The van der Waals surface area contributed by atoms with E-state index in [1.54, 1.807) is 18.3 Å². The van der Waals surface area contributed by atoms with Gasteiger partial charge in [0.2, 0.25) is 0 Å². The Balaban J connectivity index is 3.64. The first-order chi connectivity index (χ1) is 3.55. The van der Waals surface area contributed by atoms with E-state index in [-0.39, 0.29) is 11.8 Å². The Bertz CT molecular complexity index is 92.4. The zero-order chi connectivity index (χ0) is 6.73.